The summed E-state index contributed by atoms with van der Waals surface area (Å²) in [6.07, 6.45) is 3.07. The third kappa shape index (κ3) is 5.78. The monoisotopic (exact) mass is 487 g/mol. The van der Waals surface area contributed by atoms with Crippen molar-refractivity contribution in [2.45, 2.75) is 26.2 Å². The molecule has 0 saturated heterocycles. The van der Waals surface area contributed by atoms with E-state index in [-0.39, 0.29) is 11.4 Å². The molecule has 180 valence electrons. The summed E-state index contributed by atoms with van der Waals surface area (Å²) in [6, 6.07) is 10.8. The molecule has 1 amide bonds. The van der Waals surface area contributed by atoms with Crippen LogP contribution in [0.4, 0.5) is 17.6 Å². The third-order valence-corrected chi connectivity index (χ3v) is 4.73. The second-order valence-electron chi connectivity index (χ2n) is 7.16. The molecule has 8 nitrogen and oxygen atoms in total. The zero-order valence-electron chi connectivity index (χ0n) is 18.0. The minimum absolute atomic E-state index is 0.239. The number of hydrogen-bond acceptors (Lipinski definition) is 7. The predicted molar refractivity (Wildman–Crippen MR) is 116 cm³/mol. The fourth-order valence-electron chi connectivity index (χ4n) is 3.29. The molecular formula is C23H17F4N5O3. The molecule has 0 aliphatic heterocycles. The highest BCUT2D eigenvalue weighted by molar-refractivity contribution is 5.95. The molecule has 2 heterocycles. The van der Waals surface area contributed by atoms with Gasteiger partial charge in [-0.25, -0.2) is 19.9 Å². The number of carbonyl (C=O) groups excluding carboxylic acids is 1. The number of amides is 1. The summed E-state index contributed by atoms with van der Waals surface area (Å²) in [5.74, 6) is -1.52. The van der Waals surface area contributed by atoms with Gasteiger partial charge in [-0.05, 0) is 37.3 Å². The van der Waals surface area contributed by atoms with Crippen molar-refractivity contribution < 1.29 is 31.8 Å². The van der Waals surface area contributed by atoms with Gasteiger partial charge in [-0.15, -0.1) is 0 Å². The molecule has 0 saturated carbocycles. The van der Waals surface area contributed by atoms with E-state index < -0.39 is 36.7 Å². The van der Waals surface area contributed by atoms with E-state index in [1.807, 2.05) is 0 Å². The Hall–Kier alpha value is -4.35. The molecule has 0 spiro atoms. The smallest absolute Gasteiger partial charge is 0.387 e. The number of benzene rings is 2. The highest BCUT2D eigenvalue weighted by atomic mass is 19.3. The van der Waals surface area contributed by atoms with Crippen LogP contribution in [0.3, 0.4) is 0 Å². The maximum Gasteiger partial charge on any atom is 0.387 e. The maximum absolute atomic E-state index is 12.9. The average Bonchev–Trinajstić information content (AvgIpc) is 2.82. The van der Waals surface area contributed by atoms with Gasteiger partial charge in [0.2, 0.25) is 0 Å². The van der Waals surface area contributed by atoms with Crippen LogP contribution in [0.25, 0.3) is 22.6 Å². The Kier molecular flexibility index (Phi) is 6.99. The Labute approximate surface area is 196 Å². The van der Waals surface area contributed by atoms with Crippen LogP contribution in [0.2, 0.25) is 0 Å². The van der Waals surface area contributed by atoms with Crippen molar-refractivity contribution in [2.24, 2.45) is 0 Å². The van der Waals surface area contributed by atoms with E-state index in [0.717, 1.165) is 18.2 Å². The molecule has 35 heavy (non-hydrogen) atoms. The van der Waals surface area contributed by atoms with Crippen LogP contribution in [0.1, 0.15) is 29.0 Å². The van der Waals surface area contributed by atoms with Gasteiger partial charge in [-0.1, -0.05) is 12.1 Å². The molecular weight excluding hydrogens is 470 g/mol. The van der Waals surface area contributed by atoms with Gasteiger partial charge in [0.15, 0.2) is 5.82 Å². The molecule has 0 radical (unpaired) electrons. The number of fused-ring (bicyclic) bond motifs is 1. The van der Waals surface area contributed by atoms with Gasteiger partial charge in [0.25, 0.3) is 5.91 Å². The summed E-state index contributed by atoms with van der Waals surface area (Å²) in [7, 11) is 0. The van der Waals surface area contributed by atoms with Gasteiger partial charge in [0.1, 0.15) is 17.2 Å². The first-order valence-electron chi connectivity index (χ1n) is 10.2. The lowest BCUT2D eigenvalue weighted by Crippen LogP contribution is -2.28. The molecule has 12 heteroatoms. The van der Waals surface area contributed by atoms with Crippen LogP contribution >= 0.6 is 0 Å². The van der Waals surface area contributed by atoms with Crippen molar-refractivity contribution in [3.05, 3.63) is 72.2 Å². The molecule has 0 aliphatic carbocycles. The largest absolute Gasteiger partial charge is 0.435 e. The van der Waals surface area contributed by atoms with E-state index >= 15 is 0 Å². The summed E-state index contributed by atoms with van der Waals surface area (Å²) >= 11 is 0. The predicted octanol–water partition coefficient (Wildman–Crippen LogP) is 4.78. The quantitative estimate of drug-likeness (QED) is 0.357. The maximum atomic E-state index is 12.9. The Morgan fingerprint density at radius 1 is 0.857 bits per heavy atom. The minimum atomic E-state index is -3.23. The number of para-hydroxylation sites is 2. The lowest BCUT2D eigenvalue weighted by molar-refractivity contribution is -0.0543. The van der Waals surface area contributed by atoms with Crippen molar-refractivity contribution in [3.8, 4) is 23.0 Å². The summed E-state index contributed by atoms with van der Waals surface area (Å²) in [5.41, 5.74) is 1.57. The molecule has 0 aliphatic rings. The van der Waals surface area contributed by atoms with Crippen molar-refractivity contribution in [1.82, 2.24) is 25.3 Å². The van der Waals surface area contributed by atoms with Gasteiger partial charge < -0.3 is 14.8 Å². The molecule has 1 unspecified atom stereocenters. The second-order valence-corrected chi connectivity index (χ2v) is 7.16. The van der Waals surface area contributed by atoms with Crippen LogP contribution in [-0.4, -0.2) is 39.1 Å². The molecule has 2 aromatic heterocycles. The zero-order valence-corrected chi connectivity index (χ0v) is 18.0. The molecule has 4 aromatic rings. The number of carbonyl (C=O) groups is 1. The zero-order chi connectivity index (χ0) is 24.9. The molecule has 0 bridgehead atoms. The Bertz CT molecular complexity index is 1310. The normalized spacial score (nSPS) is 12.1. The first-order chi connectivity index (χ1) is 16.8. The van der Waals surface area contributed by atoms with Crippen LogP contribution in [0, 0.1) is 0 Å². The minimum Gasteiger partial charge on any atom is -0.435 e. The number of alkyl halides is 4. The Morgan fingerprint density at radius 3 is 2.00 bits per heavy atom. The van der Waals surface area contributed by atoms with E-state index in [9.17, 15) is 22.4 Å². The highest BCUT2D eigenvalue weighted by Crippen LogP contribution is 2.28. The summed E-state index contributed by atoms with van der Waals surface area (Å²) in [5, 5.41) is 2.67. The van der Waals surface area contributed by atoms with E-state index in [0.29, 0.717) is 22.4 Å². The Balaban J connectivity index is 1.69. The van der Waals surface area contributed by atoms with Gasteiger partial charge in [0.05, 0.1) is 22.8 Å². The van der Waals surface area contributed by atoms with Crippen LogP contribution in [-0.2, 0) is 0 Å². The molecule has 2 aromatic carbocycles. The van der Waals surface area contributed by atoms with Crippen molar-refractivity contribution >= 4 is 16.9 Å². The first-order valence-corrected chi connectivity index (χ1v) is 10.2. The van der Waals surface area contributed by atoms with Gasteiger partial charge in [-0.3, -0.25) is 4.79 Å². The average molecular weight is 487 g/mol. The molecule has 1 atom stereocenters. The third-order valence-electron chi connectivity index (χ3n) is 4.73. The fourth-order valence-corrected chi connectivity index (χ4v) is 3.29. The van der Waals surface area contributed by atoms with Crippen molar-refractivity contribution in [1.29, 1.82) is 0 Å². The number of hydrogen-bond donors (Lipinski definition) is 1. The van der Waals surface area contributed by atoms with E-state index in [1.165, 1.54) is 12.4 Å². The summed E-state index contributed by atoms with van der Waals surface area (Å²) in [4.78, 5) is 30.6. The van der Waals surface area contributed by atoms with Gasteiger partial charge in [-0.2, -0.15) is 17.6 Å². The van der Waals surface area contributed by atoms with Crippen LogP contribution in [0.15, 0.2) is 60.9 Å². The second kappa shape index (κ2) is 10.3. The fraction of sp³-hybridized carbons (Fsp3) is 0.174. The standard InChI is InChI=1S/C23H17F4N5O3/c1-12(30-21(33)13-9-14(34-22(24)25)11-15(10-13)35-23(26)27)18-19(20-28-7-4-8-29-20)32-17-6-3-2-5-16(17)31-18/h2-12,22-23H,1H3,(H,30,33). The number of aromatic nitrogens is 4. The van der Waals surface area contributed by atoms with Crippen molar-refractivity contribution in [3.63, 3.8) is 0 Å². The van der Waals surface area contributed by atoms with Crippen molar-refractivity contribution in [2.75, 3.05) is 0 Å². The van der Waals surface area contributed by atoms with Gasteiger partial charge >= 0.3 is 13.2 Å². The Morgan fingerprint density at radius 2 is 1.43 bits per heavy atom. The summed E-state index contributed by atoms with van der Waals surface area (Å²) < 4.78 is 59.2. The lowest BCUT2D eigenvalue weighted by Gasteiger charge is -2.18. The molecule has 0 fully saturated rings. The van der Waals surface area contributed by atoms with E-state index in [4.69, 9.17) is 0 Å². The highest BCUT2D eigenvalue weighted by Gasteiger charge is 2.22. The number of halogens is 4. The molecule has 4 rings (SSSR count). The molecule has 1 N–H and O–H groups in total. The van der Waals surface area contributed by atoms with Gasteiger partial charge in [0, 0.05) is 24.0 Å². The van der Waals surface area contributed by atoms with Crippen LogP contribution < -0.4 is 14.8 Å². The lowest BCUT2D eigenvalue weighted by atomic mass is 10.1. The van der Waals surface area contributed by atoms with E-state index in [2.05, 4.69) is 34.7 Å². The van der Waals surface area contributed by atoms with E-state index in [1.54, 1.807) is 37.3 Å². The number of rotatable bonds is 8. The SMILES string of the molecule is CC(NC(=O)c1cc(OC(F)F)cc(OC(F)F)c1)c1nc2ccccc2nc1-c1ncccn1. The number of ether oxygens (including phenoxy) is 2. The number of nitrogens with one attached hydrogen (secondary N) is 1. The topological polar surface area (TPSA) is 99.1 Å². The number of nitrogens with zero attached hydrogens (tertiary/aromatic N) is 4. The summed E-state index contributed by atoms with van der Waals surface area (Å²) in [6.45, 7) is -4.83. The van der Waals surface area contributed by atoms with Crippen LogP contribution in [0.5, 0.6) is 11.5 Å². The first kappa shape index (κ1) is 23.8.